The van der Waals surface area contributed by atoms with Gasteiger partial charge >= 0.3 is 0 Å². The largest absolute Gasteiger partial charge is 0.496 e. The van der Waals surface area contributed by atoms with Crippen LogP contribution < -0.4 is 24.8 Å². The van der Waals surface area contributed by atoms with Crippen molar-refractivity contribution in [1.29, 1.82) is 0 Å². The van der Waals surface area contributed by atoms with Crippen LogP contribution in [-0.2, 0) is 11.2 Å². The number of hydrogen-bond acceptors (Lipinski definition) is 5. The topological polar surface area (TPSA) is 73.3 Å². The summed E-state index contributed by atoms with van der Waals surface area (Å²) in [5.41, 5.74) is 0.984. The smallest absolute Gasteiger partial charge is 0.191 e. The minimum absolute atomic E-state index is 0.650. The number of benzene rings is 1. The molecule has 7 nitrogen and oxygen atoms in total. The summed E-state index contributed by atoms with van der Waals surface area (Å²) in [5, 5.41) is 6.46. The van der Waals surface area contributed by atoms with E-state index < -0.39 is 0 Å². The van der Waals surface area contributed by atoms with Crippen molar-refractivity contribution in [3.63, 3.8) is 0 Å². The van der Waals surface area contributed by atoms with Gasteiger partial charge < -0.3 is 29.6 Å². The molecule has 1 rings (SSSR count). The van der Waals surface area contributed by atoms with Crippen molar-refractivity contribution in [2.45, 2.75) is 13.3 Å². The van der Waals surface area contributed by atoms with Crippen LogP contribution in [-0.4, -0.2) is 60.6 Å². The Labute approximate surface area is 144 Å². The number of nitrogens with zero attached hydrogens (tertiary/aromatic N) is 1. The summed E-state index contributed by atoms with van der Waals surface area (Å²) in [6, 6.07) is 3.71. The summed E-state index contributed by atoms with van der Waals surface area (Å²) in [4.78, 5) is 4.19. The van der Waals surface area contributed by atoms with Crippen LogP contribution in [0.5, 0.6) is 17.2 Å². The number of ether oxygens (including phenoxy) is 4. The SMILES string of the molecule is CCOCCNC(=NC)NCCc1c(OC)cc(OC)cc1OC. The lowest BCUT2D eigenvalue weighted by atomic mass is 10.1. The van der Waals surface area contributed by atoms with Crippen molar-refractivity contribution >= 4 is 5.96 Å². The number of nitrogens with one attached hydrogen (secondary N) is 2. The molecule has 0 aromatic heterocycles. The average Bonchev–Trinajstić information content (AvgIpc) is 2.63. The van der Waals surface area contributed by atoms with Crippen molar-refractivity contribution in [2.24, 2.45) is 4.99 Å². The van der Waals surface area contributed by atoms with E-state index in [1.807, 2.05) is 19.1 Å². The molecule has 24 heavy (non-hydrogen) atoms. The lowest BCUT2D eigenvalue weighted by molar-refractivity contribution is 0.152. The Morgan fingerprint density at radius 1 is 1.00 bits per heavy atom. The molecule has 136 valence electrons. The van der Waals surface area contributed by atoms with Gasteiger partial charge in [-0.05, 0) is 13.3 Å². The zero-order chi connectivity index (χ0) is 17.8. The van der Waals surface area contributed by atoms with Gasteiger partial charge in [0.05, 0.1) is 27.9 Å². The predicted octanol–water partition coefficient (Wildman–Crippen LogP) is 1.46. The molecule has 0 unspecified atom stereocenters. The second-order valence-corrected chi connectivity index (χ2v) is 4.88. The van der Waals surface area contributed by atoms with Crippen LogP contribution >= 0.6 is 0 Å². The molecule has 1 aromatic rings. The van der Waals surface area contributed by atoms with E-state index in [9.17, 15) is 0 Å². The van der Waals surface area contributed by atoms with Gasteiger partial charge in [0, 0.05) is 44.4 Å². The van der Waals surface area contributed by atoms with Crippen LogP contribution in [0.2, 0.25) is 0 Å². The third-order valence-electron chi connectivity index (χ3n) is 3.45. The zero-order valence-corrected chi connectivity index (χ0v) is 15.3. The van der Waals surface area contributed by atoms with Gasteiger partial charge in [0.15, 0.2) is 5.96 Å². The molecule has 7 heteroatoms. The van der Waals surface area contributed by atoms with Crippen LogP contribution in [0.4, 0.5) is 0 Å². The molecule has 0 saturated carbocycles. The summed E-state index contributed by atoms with van der Waals surface area (Å²) >= 11 is 0. The predicted molar refractivity (Wildman–Crippen MR) is 95.7 cm³/mol. The van der Waals surface area contributed by atoms with E-state index in [0.717, 1.165) is 29.4 Å². The summed E-state index contributed by atoms with van der Waals surface area (Å²) in [6.45, 7) is 4.74. The number of guanidine groups is 1. The summed E-state index contributed by atoms with van der Waals surface area (Å²) < 4.78 is 21.5. The fraction of sp³-hybridized carbons (Fsp3) is 0.588. The second-order valence-electron chi connectivity index (χ2n) is 4.88. The average molecular weight is 339 g/mol. The first-order valence-electron chi connectivity index (χ1n) is 8.01. The maximum Gasteiger partial charge on any atom is 0.191 e. The Morgan fingerprint density at radius 2 is 1.62 bits per heavy atom. The Hall–Kier alpha value is -2.15. The van der Waals surface area contributed by atoms with E-state index in [-0.39, 0.29) is 0 Å². The molecule has 0 radical (unpaired) electrons. The zero-order valence-electron chi connectivity index (χ0n) is 15.3. The highest BCUT2D eigenvalue weighted by atomic mass is 16.5. The molecule has 0 fully saturated rings. The van der Waals surface area contributed by atoms with Gasteiger partial charge in [-0.15, -0.1) is 0 Å². The number of methoxy groups -OCH3 is 3. The monoisotopic (exact) mass is 339 g/mol. The van der Waals surface area contributed by atoms with Crippen LogP contribution in [0.25, 0.3) is 0 Å². The summed E-state index contributed by atoms with van der Waals surface area (Å²) in [5.74, 6) is 2.93. The molecule has 0 aliphatic rings. The Morgan fingerprint density at radius 3 is 2.12 bits per heavy atom. The Kier molecular flexibility index (Phi) is 9.45. The fourth-order valence-corrected chi connectivity index (χ4v) is 2.24. The first-order valence-corrected chi connectivity index (χ1v) is 8.01. The molecule has 0 aliphatic carbocycles. The lowest BCUT2D eigenvalue weighted by Gasteiger charge is -2.16. The molecule has 0 bridgehead atoms. The minimum atomic E-state index is 0.650. The highest BCUT2D eigenvalue weighted by molar-refractivity contribution is 5.79. The van der Waals surface area contributed by atoms with Gasteiger partial charge in [0.1, 0.15) is 17.2 Å². The highest BCUT2D eigenvalue weighted by Crippen LogP contribution is 2.34. The minimum Gasteiger partial charge on any atom is -0.496 e. The van der Waals surface area contributed by atoms with Crippen molar-refractivity contribution < 1.29 is 18.9 Å². The van der Waals surface area contributed by atoms with E-state index in [1.165, 1.54) is 0 Å². The van der Waals surface area contributed by atoms with Crippen LogP contribution in [0.1, 0.15) is 12.5 Å². The molecule has 1 aromatic carbocycles. The van der Waals surface area contributed by atoms with Gasteiger partial charge in [-0.3, -0.25) is 4.99 Å². The molecular formula is C17H29N3O4. The summed E-state index contributed by atoms with van der Waals surface area (Å²) in [6.07, 6.45) is 0.725. The number of rotatable bonds is 10. The van der Waals surface area contributed by atoms with Gasteiger partial charge in [0.2, 0.25) is 0 Å². The van der Waals surface area contributed by atoms with Gasteiger partial charge in [-0.1, -0.05) is 0 Å². The second kappa shape index (κ2) is 11.4. The van der Waals surface area contributed by atoms with Gasteiger partial charge in [-0.25, -0.2) is 0 Å². The van der Waals surface area contributed by atoms with E-state index in [4.69, 9.17) is 18.9 Å². The molecule has 0 atom stereocenters. The summed E-state index contributed by atoms with van der Waals surface area (Å²) in [7, 11) is 6.64. The molecule has 0 saturated heterocycles. The first-order chi connectivity index (χ1) is 11.7. The van der Waals surface area contributed by atoms with Crippen molar-refractivity contribution in [3.8, 4) is 17.2 Å². The van der Waals surface area contributed by atoms with E-state index in [0.29, 0.717) is 32.1 Å². The highest BCUT2D eigenvalue weighted by Gasteiger charge is 2.13. The van der Waals surface area contributed by atoms with E-state index >= 15 is 0 Å². The molecule has 0 heterocycles. The lowest BCUT2D eigenvalue weighted by Crippen LogP contribution is -2.39. The van der Waals surface area contributed by atoms with E-state index in [2.05, 4.69) is 15.6 Å². The number of hydrogen-bond donors (Lipinski definition) is 2. The van der Waals surface area contributed by atoms with Crippen LogP contribution in [0, 0.1) is 0 Å². The molecule has 2 N–H and O–H groups in total. The van der Waals surface area contributed by atoms with Crippen LogP contribution in [0.15, 0.2) is 17.1 Å². The van der Waals surface area contributed by atoms with Gasteiger partial charge in [-0.2, -0.15) is 0 Å². The molecular weight excluding hydrogens is 310 g/mol. The fourth-order valence-electron chi connectivity index (χ4n) is 2.24. The third kappa shape index (κ3) is 6.16. The first kappa shape index (κ1) is 19.9. The molecule has 0 amide bonds. The number of aliphatic imine (C=N–C) groups is 1. The van der Waals surface area contributed by atoms with Crippen molar-refractivity contribution in [2.75, 3.05) is 54.7 Å². The van der Waals surface area contributed by atoms with E-state index in [1.54, 1.807) is 28.4 Å². The quantitative estimate of drug-likeness (QED) is 0.382. The maximum atomic E-state index is 5.46. The maximum absolute atomic E-state index is 5.46. The normalized spacial score (nSPS) is 11.1. The van der Waals surface area contributed by atoms with Crippen molar-refractivity contribution in [1.82, 2.24) is 10.6 Å². The Bertz CT molecular complexity index is 496. The third-order valence-corrected chi connectivity index (χ3v) is 3.45. The van der Waals surface area contributed by atoms with Crippen LogP contribution in [0.3, 0.4) is 0 Å². The van der Waals surface area contributed by atoms with Crippen molar-refractivity contribution in [3.05, 3.63) is 17.7 Å². The Balaban J connectivity index is 2.62. The molecule has 0 spiro atoms. The standard InChI is InChI=1S/C17H29N3O4/c1-6-24-10-9-20-17(18-2)19-8-7-14-15(22-4)11-13(21-3)12-16(14)23-5/h11-12H,6-10H2,1-5H3,(H2,18,19,20). The van der Waals surface area contributed by atoms with Gasteiger partial charge in [0.25, 0.3) is 0 Å². The molecule has 0 aliphatic heterocycles.